The van der Waals surface area contributed by atoms with E-state index in [1.54, 1.807) is 0 Å². The van der Waals surface area contributed by atoms with Crippen molar-refractivity contribution in [1.29, 1.82) is 0 Å². The lowest BCUT2D eigenvalue weighted by Gasteiger charge is -2.35. The molecule has 1 saturated heterocycles. The van der Waals surface area contributed by atoms with Gasteiger partial charge in [-0.1, -0.05) is 6.92 Å². The molecule has 1 fully saturated rings. The van der Waals surface area contributed by atoms with Crippen molar-refractivity contribution in [1.82, 2.24) is 9.29 Å². The zero-order chi connectivity index (χ0) is 13.3. The average molecular weight is 270 g/mol. The lowest BCUT2D eigenvalue weighted by atomic mass is 9.95. The normalized spacial score (nSPS) is 26.1. The van der Waals surface area contributed by atoms with E-state index < -0.39 is 15.5 Å². The van der Waals surface area contributed by atoms with Crippen LogP contribution in [0.2, 0.25) is 0 Å². The highest BCUT2D eigenvalue weighted by molar-refractivity contribution is 7.89. The highest BCUT2D eigenvalue weighted by Crippen LogP contribution is 2.26. The molecule has 2 atom stereocenters. The smallest absolute Gasteiger partial charge is 0.248 e. The minimum absolute atomic E-state index is 0.0571. The van der Waals surface area contributed by atoms with Crippen molar-refractivity contribution in [3.63, 3.8) is 0 Å². The van der Waals surface area contributed by atoms with Crippen molar-refractivity contribution in [2.45, 2.75) is 37.6 Å². The summed E-state index contributed by atoms with van der Waals surface area (Å²) in [5.41, 5.74) is -0.459. The Kier molecular flexibility index (Phi) is 3.59. The highest BCUT2D eigenvalue weighted by Gasteiger charge is 2.34. The molecule has 18 heavy (non-hydrogen) atoms. The van der Waals surface area contributed by atoms with E-state index in [9.17, 15) is 13.2 Å². The van der Waals surface area contributed by atoms with Crippen LogP contribution in [-0.4, -0.2) is 30.3 Å². The highest BCUT2D eigenvalue weighted by atomic mass is 32.2. The molecule has 6 heteroatoms. The quantitative estimate of drug-likeness (QED) is 0.877. The zero-order valence-corrected chi connectivity index (χ0v) is 11.4. The first-order valence-electron chi connectivity index (χ1n) is 6.12. The molecule has 0 amide bonds. The number of aromatic amines is 1. The Bertz CT molecular complexity index is 579. The van der Waals surface area contributed by atoms with Crippen LogP contribution in [0.25, 0.3) is 0 Å². The van der Waals surface area contributed by atoms with Gasteiger partial charge in [0.1, 0.15) is 4.90 Å². The van der Waals surface area contributed by atoms with Gasteiger partial charge >= 0.3 is 0 Å². The van der Waals surface area contributed by atoms with Crippen molar-refractivity contribution in [3.8, 4) is 0 Å². The van der Waals surface area contributed by atoms with Gasteiger partial charge in [0.2, 0.25) is 15.5 Å². The molecule has 0 bridgehead atoms. The summed E-state index contributed by atoms with van der Waals surface area (Å²) in [5.74, 6) is 0.528. The van der Waals surface area contributed by atoms with E-state index in [1.165, 1.54) is 22.8 Å². The van der Waals surface area contributed by atoms with E-state index in [4.69, 9.17) is 0 Å². The molecule has 0 aromatic carbocycles. The maximum atomic E-state index is 12.4. The van der Waals surface area contributed by atoms with Crippen LogP contribution >= 0.6 is 0 Å². The first-order chi connectivity index (χ1) is 8.43. The predicted octanol–water partition coefficient (Wildman–Crippen LogP) is 1.18. The molecule has 2 unspecified atom stereocenters. The largest absolute Gasteiger partial charge is 0.366 e. The predicted molar refractivity (Wildman–Crippen MR) is 68.8 cm³/mol. The van der Waals surface area contributed by atoms with E-state index >= 15 is 0 Å². The third-order valence-corrected chi connectivity index (χ3v) is 5.49. The summed E-state index contributed by atoms with van der Waals surface area (Å²) in [4.78, 5) is 14.2. The second kappa shape index (κ2) is 4.85. The third-order valence-electron chi connectivity index (χ3n) is 3.45. The number of piperidine rings is 1. The van der Waals surface area contributed by atoms with Crippen LogP contribution in [0.1, 0.15) is 26.7 Å². The maximum Gasteiger partial charge on any atom is 0.248 e. The molecule has 5 nitrogen and oxygen atoms in total. The number of nitrogens with one attached hydrogen (secondary N) is 1. The van der Waals surface area contributed by atoms with Crippen LogP contribution in [0.5, 0.6) is 0 Å². The van der Waals surface area contributed by atoms with Crippen molar-refractivity contribution >= 4 is 10.0 Å². The van der Waals surface area contributed by atoms with Crippen LogP contribution < -0.4 is 5.43 Å². The van der Waals surface area contributed by atoms with Crippen molar-refractivity contribution < 1.29 is 8.42 Å². The molecule has 2 rings (SSSR count). The van der Waals surface area contributed by atoms with Gasteiger partial charge in [0.25, 0.3) is 0 Å². The van der Waals surface area contributed by atoms with E-state index in [0.29, 0.717) is 12.5 Å². The van der Waals surface area contributed by atoms with Gasteiger partial charge < -0.3 is 4.98 Å². The molecule has 1 N–H and O–H groups in total. The Morgan fingerprint density at radius 1 is 1.39 bits per heavy atom. The summed E-state index contributed by atoms with van der Waals surface area (Å²) in [5, 5.41) is 0. The molecule has 2 heterocycles. The summed E-state index contributed by atoms with van der Waals surface area (Å²) in [6.45, 7) is 4.50. The number of sulfonamides is 1. The number of aromatic nitrogens is 1. The Morgan fingerprint density at radius 2 is 2.11 bits per heavy atom. The Hall–Kier alpha value is -1.14. The van der Waals surface area contributed by atoms with Crippen LogP contribution in [-0.2, 0) is 10.0 Å². The van der Waals surface area contributed by atoms with Gasteiger partial charge in [-0.3, -0.25) is 4.79 Å². The second-order valence-corrected chi connectivity index (χ2v) is 6.83. The Balaban J connectivity index is 2.38. The fourth-order valence-corrected chi connectivity index (χ4v) is 4.17. The summed E-state index contributed by atoms with van der Waals surface area (Å²) < 4.78 is 26.3. The topological polar surface area (TPSA) is 70.2 Å². The first-order valence-corrected chi connectivity index (χ1v) is 7.56. The molecule has 0 saturated carbocycles. The molecule has 0 aliphatic carbocycles. The lowest BCUT2D eigenvalue weighted by molar-refractivity contribution is 0.220. The number of H-pyrrole nitrogens is 1. The third kappa shape index (κ3) is 2.35. The maximum absolute atomic E-state index is 12.4. The van der Waals surface area contributed by atoms with Crippen LogP contribution in [0.3, 0.4) is 0 Å². The Labute approximate surface area is 107 Å². The number of hydrogen-bond donors (Lipinski definition) is 1. The number of nitrogens with zero attached hydrogens (tertiary/aromatic N) is 1. The van der Waals surface area contributed by atoms with Gasteiger partial charge in [-0.2, -0.15) is 4.31 Å². The summed E-state index contributed by atoms with van der Waals surface area (Å²) >= 11 is 0. The monoisotopic (exact) mass is 270 g/mol. The van der Waals surface area contributed by atoms with Crippen LogP contribution in [0.15, 0.2) is 28.2 Å². The SMILES string of the molecule is CC1CCN(S(=O)(=O)c2c[nH]ccc2=O)C(C)C1. The standard InChI is InChI=1S/C12H18N2O3S/c1-9-4-6-14(10(2)7-9)18(16,17)12-8-13-5-3-11(12)15/h3,5,8-10H,4,6-7H2,1-2H3,(H,13,15). The fourth-order valence-electron chi connectivity index (χ4n) is 2.47. The minimum Gasteiger partial charge on any atom is -0.366 e. The number of hydrogen-bond acceptors (Lipinski definition) is 3. The summed E-state index contributed by atoms with van der Waals surface area (Å²) in [7, 11) is -3.68. The van der Waals surface area contributed by atoms with Gasteiger partial charge in [0.15, 0.2) is 0 Å². The van der Waals surface area contributed by atoms with Gasteiger partial charge in [-0.15, -0.1) is 0 Å². The molecule has 0 spiro atoms. The van der Waals surface area contributed by atoms with E-state index in [2.05, 4.69) is 11.9 Å². The number of pyridine rings is 1. The molecule has 1 aromatic heterocycles. The molecule has 1 aliphatic rings. The van der Waals surface area contributed by atoms with Gasteiger partial charge in [-0.05, 0) is 25.7 Å². The lowest BCUT2D eigenvalue weighted by Crippen LogP contribution is -2.45. The van der Waals surface area contributed by atoms with E-state index in [0.717, 1.165) is 12.8 Å². The molecular formula is C12H18N2O3S. The number of rotatable bonds is 2. The van der Waals surface area contributed by atoms with Gasteiger partial charge in [-0.25, -0.2) is 8.42 Å². The van der Waals surface area contributed by atoms with Crippen LogP contribution in [0.4, 0.5) is 0 Å². The van der Waals surface area contributed by atoms with E-state index in [-0.39, 0.29) is 10.9 Å². The molecule has 0 radical (unpaired) electrons. The molecular weight excluding hydrogens is 252 g/mol. The average Bonchev–Trinajstić information content (AvgIpc) is 2.28. The second-order valence-electron chi connectivity index (χ2n) is 4.97. The van der Waals surface area contributed by atoms with Gasteiger partial charge in [0.05, 0.1) is 0 Å². The fraction of sp³-hybridized carbons (Fsp3) is 0.583. The zero-order valence-electron chi connectivity index (χ0n) is 10.6. The first kappa shape index (κ1) is 13.3. The molecule has 1 aliphatic heterocycles. The molecule has 100 valence electrons. The van der Waals surface area contributed by atoms with E-state index in [1.807, 2.05) is 6.92 Å². The van der Waals surface area contributed by atoms with Crippen molar-refractivity contribution in [2.24, 2.45) is 5.92 Å². The minimum atomic E-state index is -3.68. The van der Waals surface area contributed by atoms with Crippen molar-refractivity contribution in [3.05, 3.63) is 28.7 Å². The summed E-state index contributed by atoms with van der Waals surface area (Å²) in [6.07, 6.45) is 4.38. The van der Waals surface area contributed by atoms with Gasteiger partial charge in [0, 0.05) is 31.0 Å². The van der Waals surface area contributed by atoms with Crippen molar-refractivity contribution in [2.75, 3.05) is 6.54 Å². The van der Waals surface area contributed by atoms with Crippen LogP contribution in [0, 0.1) is 5.92 Å². The summed E-state index contributed by atoms with van der Waals surface area (Å²) in [6, 6.07) is 1.18. The molecule has 1 aromatic rings. The Morgan fingerprint density at radius 3 is 2.72 bits per heavy atom.